The van der Waals surface area contributed by atoms with Crippen LogP contribution in [0.5, 0.6) is 5.75 Å². The lowest BCUT2D eigenvalue weighted by Gasteiger charge is -2.52. The number of nitrogens with one attached hydrogen (secondary N) is 1. The first kappa shape index (κ1) is 16.4. The molecule has 2 heterocycles. The van der Waals surface area contributed by atoms with Crippen LogP contribution >= 0.6 is 12.2 Å². The van der Waals surface area contributed by atoms with Crippen LogP contribution in [0.1, 0.15) is 48.6 Å². The van der Waals surface area contributed by atoms with Gasteiger partial charge in [0.2, 0.25) is 0 Å². The van der Waals surface area contributed by atoms with Crippen LogP contribution in [-0.2, 0) is 6.42 Å². The van der Waals surface area contributed by atoms with E-state index in [1.54, 1.807) is 0 Å². The molecule has 2 atom stereocenters. The predicted octanol–water partition coefficient (Wildman–Crippen LogP) is 4.80. The van der Waals surface area contributed by atoms with E-state index in [9.17, 15) is 0 Å². The Balaban J connectivity index is 1.78. The fourth-order valence-corrected chi connectivity index (χ4v) is 4.34. The summed E-state index contributed by atoms with van der Waals surface area (Å²) in [6.45, 7) is 8.57. The summed E-state index contributed by atoms with van der Waals surface area (Å²) in [5.74, 6) is 0.958. The molecule has 0 aromatic heterocycles. The molecule has 25 heavy (non-hydrogen) atoms. The molecular weight excluding hydrogens is 328 g/mol. The second-order valence-corrected chi connectivity index (χ2v) is 7.70. The van der Waals surface area contributed by atoms with E-state index in [1.165, 1.54) is 22.3 Å². The maximum absolute atomic E-state index is 6.50. The summed E-state index contributed by atoms with van der Waals surface area (Å²) in [4.78, 5) is 2.13. The molecule has 0 radical (unpaired) electrons. The van der Waals surface area contributed by atoms with E-state index < -0.39 is 5.72 Å². The van der Waals surface area contributed by atoms with Gasteiger partial charge in [0.15, 0.2) is 10.8 Å². The van der Waals surface area contributed by atoms with E-state index in [0.29, 0.717) is 0 Å². The Kier molecular flexibility index (Phi) is 3.76. The lowest BCUT2D eigenvalue weighted by molar-refractivity contribution is 0.0497. The molecule has 2 aromatic carbocycles. The first-order chi connectivity index (χ1) is 11.9. The number of hydrogen-bond donors (Lipinski definition) is 1. The smallest absolute Gasteiger partial charge is 0.188 e. The van der Waals surface area contributed by atoms with Gasteiger partial charge < -0.3 is 10.1 Å². The van der Waals surface area contributed by atoms with Crippen molar-refractivity contribution >= 4 is 23.0 Å². The van der Waals surface area contributed by atoms with Crippen molar-refractivity contribution in [2.75, 3.05) is 4.90 Å². The number of rotatable bonds is 2. The third-order valence-corrected chi connectivity index (χ3v) is 5.79. The van der Waals surface area contributed by atoms with Crippen molar-refractivity contribution in [3.05, 3.63) is 58.7 Å². The van der Waals surface area contributed by atoms with Gasteiger partial charge in [0.1, 0.15) is 5.75 Å². The van der Waals surface area contributed by atoms with Crippen molar-refractivity contribution in [1.29, 1.82) is 0 Å². The molecule has 2 aliphatic heterocycles. The summed E-state index contributed by atoms with van der Waals surface area (Å²) in [5, 5.41) is 4.27. The lowest BCUT2D eigenvalue weighted by atomic mass is 9.89. The fourth-order valence-electron chi connectivity index (χ4n) is 3.90. The Morgan fingerprint density at radius 2 is 2.00 bits per heavy atom. The Morgan fingerprint density at radius 3 is 2.72 bits per heavy atom. The maximum Gasteiger partial charge on any atom is 0.188 e. The second-order valence-electron chi connectivity index (χ2n) is 7.31. The Labute approximate surface area is 155 Å². The van der Waals surface area contributed by atoms with Crippen LogP contribution in [0, 0.1) is 13.8 Å². The van der Waals surface area contributed by atoms with E-state index >= 15 is 0 Å². The summed E-state index contributed by atoms with van der Waals surface area (Å²) in [6.07, 6.45) is 1.89. The van der Waals surface area contributed by atoms with Crippen LogP contribution in [0.15, 0.2) is 36.4 Å². The first-order valence-corrected chi connectivity index (χ1v) is 9.32. The van der Waals surface area contributed by atoms with Crippen molar-refractivity contribution in [3.63, 3.8) is 0 Å². The highest BCUT2D eigenvalue weighted by Crippen LogP contribution is 2.46. The summed E-state index contributed by atoms with van der Waals surface area (Å²) in [6, 6.07) is 13.2. The highest BCUT2D eigenvalue weighted by molar-refractivity contribution is 7.80. The minimum atomic E-state index is -0.477. The average molecular weight is 353 g/mol. The zero-order chi connectivity index (χ0) is 17.8. The molecule has 0 spiro atoms. The van der Waals surface area contributed by atoms with Crippen LogP contribution in [0.4, 0.5) is 5.69 Å². The van der Waals surface area contributed by atoms with Crippen LogP contribution in [0.25, 0.3) is 0 Å². The molecule has 0 amide bonds. The Hall–Kier alpha value is -2.07. The third-order valence-electron chi connectivity index (χ3n) is 5.49. The highest BCUT2D eigenvalue weighted by atomic mass is 32.1. The SMILES string of the molecule is CCc1ccc2c(c1)[C@@H]1C[C@](C)(O2)N(c2ccc(C)c(C)c2)C(=S)N1. The predicted molar refractivity (Wildman–Crippen MR) is 106 cm³/mol. The number of ether oxygens (including phenoxy) is 1. The summed E-state index contributed by atoms with van der Waals surface area (Å²) < 4.78 is 6.50. The number of aryl methyl sites for hydroxylation is 3. The summed E-state index contributed by atoms with van der Waals surface area (Å²) in [5.41, 5.74) is 5.69. The van der Waals surface area contributed by atoms with Gasteiger partial charge in [-0.2, -0.15) is 0 Å². The Bertz CT molecular complexity index is 863. The molecule has 1 N–H and O–H groups in total. The standard InChI is InChI=1S/C21H24N2OS/c1-5-15-7-9-19-17(11-15)18-12-21(4,24-19)23(20(25)22-18)16-8-6-13(2)14(3)10-16/h6-11,18H,5,12H2,1-4H3,(H,22,25)/t18-,21-/m0/s1. The minimum absolute atomic E-state index is 0.204. The molecular formula is C21H24N2OS. The van der Waals surface area contributed by atoms with Gasteiger partial charge in [-0.05, 0) is 74.3 Å². The molecule has 4 heteroatoms. The third kappa shape index (κ3) is 2.60. The van der Waals surface area contributed by atoms with Crippen molar-refractivity contribution in [3.8, 4) is 5.75 Å². The van der Waals surface area contributed by atoms with Crippen molar-refractivity contribution in [2.45, 2.75) is 52.3 Å². The number of hydrogen-bond acceptors (Lipinski definition) is 2. The van der Waals surface area contributed by atoms with Gasteiger partial charge in [0.05, 0.1) is 6.04 Å². The molecule has 1 fully saturated rings. The van der Waals surface area contributed by atoms with Gasteiger partial charge in [-0.25, -0.2) is 0 Å². The first-order valence-electron chi connectivity index (χ1n) is 8.91. The molecule has 0 aliphatic carbocycles. The Morgan fingerprint density at radius 1 is 1.20 bits per heavy atom. The van der Waals surface area contributed by atoms with E-state index in [0.717, 1.165) is 29.4 Å². The number of fused-ring (bicyclic) bond motifs is 4. The lowest BCUT2D eigenvalue weighted by Crippen LogP contribution is -2.65. The molecule has 1 saturated heterocycles. The molecule has 0 saturated carbocycles. The summed E-state index contributed by atoms with van der Waals surface area (Å²) >= 11 is 5.74. The fraction of sp³-hybridized carbons (Fsp3) is 0.381. The van der Waals surface area contributed by atoms with Gasteiger partial charge in [0.25, 0.3) is 0 Å². The molecule has 0 unspecified atom stereocenters. The number of benzene rings is 2. The number of anilines is 1. The van der Waals surface area contributed by atoms with Crippen molar-refractivity contribution in [2.24, 2.45) is 0 Å². The minimum Gasteiger partial charge on any atom is -0.467 e. The summed E-state index contributed by atoms with van der Waals surface area (Å²) in [7, 11) is 0. The highest BCUT2D eigenvalue weighted by Gasteiger charge is 2.48. The van der Waals surface area contributed by atoms with E-state index in [-0.39, 0.29) is 6.04 Å². The van der Waals surface area contributed by atoms with E-state index in [2.05, 4.69) is 74.3 Å². The van der Waals surface area contributed by atoms with Crippen molar-refractivity contribution in [1.82, 2.24) is 5.32 Å². The van der Waals surface area contributed by atoms with Crippen LogP contribution in [0.2, 0.25) is 0 Å². The molecule has 4 rings (SSSR count). The molecule has 2 aliphatic rings. The van der Waals surface area contributed by atoms with Crippen LogP contribution in [-0.4, -0.2) is 10.8 Å². The second kappa shape index (κ2) is 5.73. The van der Waals surface area contributed by atoms with Gasteiger partial charge in [-0.3, -0.25) is 4.90 Å². The van der Waals surface area contributed by atoms with Crippen LogP contribution < -0.4 is 15.0 Å². The zero-order valence-corrected chi connectivity index (χ0v) is 16.0. The van der Waals surface area contributed by atoms with Gasteiger partial charge in [-0.1, -0.05) is 25.1 Å². The number of thiocarbonyl (C=S) groups is 1. The maximum atomic E-state index is 6.50. The number of nitrogens with zero attached hydrogens (tertiary/aromatic N) is 1. The van der Waals surface area contributed by atoms with E-state index in [4.69, 9.17) is 17.0 Å². The van der Waals surface area contributed by atoms with Gasteiger partial charge in [-0.15, -0.1) is 0 Å². The molecule has 2 aromatic rings. The monoisotopic (exact) mass is 352 g/mol. The average Bonchev–Trinajstić information content (AvgIpc) is 2.57. The van der Waals surface area contributed by atoms with Crippen LogP contribution in [0.3, 0.4) is 0 Å². The van der Waals surface area contributed by atoms with Gasteiger partial charge >= 0.3 is 0 Å². The van der Waals surface area contributed by atoms with E-state index in [1.807, 2.05) is 0 Å². The van der Waals surface area contributed by atoms with Gasteiger partial charge in [0, 0.05) is 17.7 Å². The molecule has 2 bridgehead atoms. The molecule has 130 valence electrons. The topological polar surface area (TPSA) is 24.5 Å². The quantitative estimate of drug-likeness (QED) is 0.785. The zero-order valence-electron chi connectivity index (χ0n) is 15.2. The van der Waals surface area contributed by atoms with Crippen molar-refractivity contribution < 1.29 is 4.74 Å². The normalized spacial score (nSPS) is 24.4. The molecule has 3 nitrogen and oxygen atoms in total. The largest absolute Gasteiger partial charge is 0.467 e.